The average Bonchev–Trinajstić information content (AvgIpc) is 2.25. The molecule has 0 aromatic heterocycles. The van der Waals surface area contributed by atoms with Gasteiger partial charge in [-0.15, -0.1) is 0 Å². The molecule has 1 aromatic rings. The number of alkyl halides is 3. The van der Waals surface area contributed by atoms with Gasteiger partial charge in [-0.25, -0.2) is 0 Å². The van der Waals surface area contributed by atoms with Gasteiger partial charge in [-0.1, -0.05) is 18.2 Å². The van der Waals surface area contributed by atoms with Crippen molar-refractivity contribution in [3.63, 3.8) is 0 Å². The first-order valence-electron chi connectivity index (χ1n) is 5.39. The Morgan fingerprint density at radius 2 is 1.94 bits per heavy atom. The van der Waals surface area contributed by atoms with Gasteiger partial charge in [0.1, 0.15) is 0 Å². The van der Waals surface area contributed by atoms with Gasteiger partial charge in [0, 0.05) is 12.2 Å². The molecule has 17 heavy (non-hydrogen) atoms. The topological polar surface area (TPSA) is 21.3 Å². The van der Waals surface area contributed by atoms with Crippen molar-refractivity contribution in [3.05, 3.63) is 29.8 Å². The smallest absolute Gasteiger partial charge is 0.383 e. The quantitative estimate of drug-likeness (QED) is 0.805. The van der Waals surface area contributed by atoms with Gasteiger partial charge in [0.2, 0.25) is 0 Å². The van der Waals surface area contributed by atoms with E-state index in [1.54, 1.807) is 0 Å². The zero-order chi connectivity index (χ0) is 12.9. The number of hydrogen-bond donors (Lipinski definition) is 1. The van der Waals surface area contributed by atoms with Gasteiger partial charge in [-0.05, 0) is 25.5 Å². The van der Waals surface area contributed by atoms with E-state index >= 15 is 0 Å². The average molecular weight is 247 g/mol. The van der Waals surface area contributed by atoms with Crippen LogP contribution in [-0.2, 0) is 4.74 Å². The fraction of sp³-hybridized carbons (Fsp3) is 0.500. The Bertz CT molecular complexity index is 352. The molecule has 0 heterocycles. The van der Waals surface area contributed by atoms with Crippen LogP contribution in [0, 0.1) is 6.92 Å². The molecule has 0 amide bonds. The van der Waals surface area contributed by atoms with Crippen molar-refractivity contribution in [1.82, 2.24) is 0 Å². The first-order valence-corrected chi connectivity index (χ1v) is 5.39. The molecule has 0 aliphatic carbocycles. The molecule has 1 rings (SSSR count). The van der Waals surface area contributed by atoms with Crippen molar-refractivity contribution in [2.45, 2.75) is 26.1 Å². The van der Waals surface area contributed by atoms with E-state index in [0.717, 1.165) is 18.2 Å². The zero-order valence-corrected chi connectivity index (χ0v) is 9.84. The molecule has 1 atom stereocenters. The van der Waals surface area contributed by atoms with Crippen LogP contribution in [0.3, 0.4) is 0 Å². The van der Waals surface area contributed by atoms with Gasteiger partial charge in [-0.2, -0.15) is 13.2 Å². The van der Waals surface area contributed by atoms with E-state index in [9.17, 15) is 13.2 Å². The lowest BCUT2D eigenvalue weighted by Gasteiger charge is -2.17. The van der Waals surface area contributed by atoms with E-state index in [-0.39, 0.29) is 6.61 Å². The van der Waals surface area contributed by atoms with Crippen LogP contribution in [0.25, 0.3) is 0 Å². The standard InChI is InChI=1S/C12H16F3NO/c1-9-5-3-4-6-11(9)16-7-8-17-10(2)12(13,14)15/h3-6,10,16H,7-8H2,1-2H3. The summed E-state index contributed by atoms with van der Waals surface area (Å²) in [6.07, 6.45) is -6.01. The first kappa shape index (κ1) is 13.8. The number of anilines is 1. The number of rotatable bonds is 5. The Morgan fingerprint density at radius 1 is 1.29 bits per heavy atom. The molecule has 2 nitrogen and oxygen atoms in total. The van der Waals surface area contributed by atoms with Crippen LogP contribution in [-0.4, -0.2) is 25.4 Å². The molecular weight excluding hydrogens is 231 g/mol. The summed E-state index contributed by atoms with van der Waals surface area (Å²) in [5.74, 6) is 0. The summed E-state index contributed by atoms with van der Waals surface area (Å²) in [6, 6.07) is 7.58. The second kappa shape index (κ2) is 5.91. The van der Waals surface area contributed by atoms with E-state index in [0.29, 0.717) is 6.54 Å². The molecule has 0 saturated carbocycles. The van der Waals surface area contributed by atoms with Crippen molar-refractivity contribution >= 4 is 5.69 Å². The SMILES string of the molecule is Cc1ccccc1NCCOC(C)C(F)(F)F. The number of halogens is 3. The molecule has 1 aromatic carbocycles. The van der Waals surface area contributed by atoms with E-state index in [2.05, 4.69) is 10.1 Å². The van der Waals surface area contributed by atoms with E-state index in [1.165, 1.54) is 0 Å². The van der Waals surface area contributed by atoms with Crippen LogP contribution in [0.5, 0.6) is 0 Å². The highest BCUT2D eigenvalue weighted by Gasteiger charge is 2.36. The van der Waals surface area contributed by atoms with Gasteiger partial charge >= 0.3 is 6.18 Å². The molecule has 0 spiro atoms. The van der Waals surface area contributed by atoms with E-state index < -0.39 is 12.3 Å². The highest BCUT2D eigenvalue weighted by atomic mass is 19.4. The lowest BCUT2D eigenvalue weighted by Crippen LogP contribution is -2.30. The van der Waals surface area contributed by atoms with Crippen molar-refractivity contribution < 1.29 is 17.9 Å². The van der Waals surface area contributed by atoms with Crippen molar-refractivity contribution in [2.24, 2.45) is 0 Å². The first-order chi connectivity index (χ1) is 7.91. The Balaban J connectivity index is 2.28. The fourth-order valence-electron chi connectivity index (χ4n) is 1.29. The van der Waals surface area contributed by atoms with Crippen LogP contribution in [0.1, 0.15) is 12.5 Å². The summed E-state index contributed by atoms with van der Waals surface area (Å²) in [5, 5.41) is 3.03. The Labute approximate surface area is 98.8 Å². The number of aryl methyl sites for hydroxylation is 1. The normalized spacial score (nSPS) is 13.5. The number of hydrogen-bond acceptors (Lipinski definition) is 2. The Kier molecular flexibility index (Phi) is 4.81. The largest absolute Gasteiger partial charge is 0.414 e. The zero-order valence-electron chi connectivity index (χ0n) is 9.84. The maximum absolute atomic E-state index is 12.1. The summed E-state index contributed by atoms with van der Waals surface area (Å²) < 4.78 is 41.0. The molecule has 0 saturated heterocycles. The van der Waals surface area contributed by atoms with Crippen molar-refractivity contribution in [3.8, 4) is 0 Å². The van der Waals surface area contributed by atoms with Crippen molar-refractivity contribution in [1.29, 1.82) is 0 Å². The second-order valence-electron chi connectivity index (χ2n) is 3.80. The van der Waals surface area contributed by atoms with Crippen molar-refractivity contribution in [2.75, 3.05) is 18.5 Å². The summed E-state index contributed by atoms with van der Waals surface area (Å²) in [7, 11) is 0. The Morgan fingerprint density at radius 3 is 2.53 bits per heavy atom. The van der Waals surface area contributed by atoms with Crippen LogP contribution >= 0.6 is 0 Å². The Hall–Kier alpha value is -1.23. The van der Waals surface area contributed by atoms with Gasteiger partial charge in [0.25, 0.3) is 0 Å². The monoisotopic (exact) mass is 247 g/mol. The minimum atomic E-state index is -4.29. The molecule has 0 fully saturated rings. The molecule has 1 unspecified atom stereocenters. The second-order valence-corrected chi connectivity index (χ2v) is 3.80. The lowest BCUT2D eigenvalue weighted by molar-refractivity contribution is -0.213. The molecule has 0 aliphatic heterocycles. The number of para-hydroxylation sites is 1. The van der Waals surface area contributed by atoms with Gasteiger partial charge in [0.05, 0.1) is 6.61 Å². The lowest BCUT2D eigenvalue weighted by atomic mass is 10.2. The molecule has 0 aliphatic rings. The molecule has 1 N–H and O–H groups in total. The van der Waals surface area contributed by atoms with Crippen LogP contribution in [0.4, 0.5) is 18.9 Å². The summed E-state index contributed by atoms with van der Waals surface area (Å²) in [4.78, 5) is 0. The third-order valence-corrected chi connectivity index (χ3v) is 2.39. The number of ether oxygens (including phenoxy) is 1. The minimum Gasteiger partial charge on any atom is -0.383 e. The van der Waals surface area contributed by atoms with Gasteiger partial charge < -0.3 is 10.1 Å². The summed E-state index contributed by atoms with van der Waals surface area (Å²) in [5.41, 5.74) is 1.96. The van der Waals surface area contributed by atoms with Crippen LogP contribution in [0.2, 0.25) is 0 Å². The molecule has 0 bridgehead atoms. The van der Waals surface area contributed by atoms with Crippen LogP contribution < -0.4 is 5.32 Å². The number of nitrogens with one attached hydrogen (secondary N) is 1. The third kappa shape index (κ3) is 4.65. The van der Waals surface area contributed by atoms with Gasteiger partial charge in [0.15, 0.2) is 6.10 Å². The molecule has 5 heteroatoms. The summed E-state index contributed by atoms with van der Waals surface area (Å²) >= 11 is 0. The highest BCUT2D eigenvalue weighted by molar-refractivity contribution is 5.50. The fourth-order valence-corrected chi connectivity index (χ4v) is 1.29. The molecular formula is C12H16F3NO. The highest BCUT2D eigenvalue weighted by Crippen LogP contribution is 2.22. The predicted octanol–water partition coefficient (Wildman–Crippen LogP) is 3.37. The molecule has 96 valence electrons. The maximum Gasteiger partial charge on any atom is 0.414 e. The minimum absolute atomic E-state index is 0.0228. The molecule has 0 radical (unpaired) electrons. The van der Waals surface area contributed by atoms with E-state index in [4.69, 9.17) is 0 Å². The maximum atomic E-state index is 12.1. The van der Waals surface area contributed by atoms with Crippen LogP contribution in [0.15, 0.2) is 24.3 Å². The van der Waals surface area contributed by atoms with E-state index in [1.807, 2.05) is 31.2 Å². The predicted molar refractivity (Wildman–Crippen MR) is 61.1 cm³/mol. The summed E-state index contributed by atoms with van der Waals surface area (Å²) in [6.45, 7) is 3.32. The van der Waals surface area contributed by atoms with Gasteiger partial charge in [-0.3, -0.25) is 0 Å². The number of benzene rings is 1. The third-order valence-electron chi connectivity index (χ3n) is 2.39.